The highest BCUT2D eigenvalue weighted by Gasteiger charge is 2.48. The summed E-state index contributed by atoms with van der Waals surface area (Å²) in [6.07, 6.45) is 0.208. The third kappa shape index (κ3) is 4.11. The lowest BCUT2D eigenvalue weighted by Crippen LogP contribution is -2.44. The number of carbonyl (C=O) groups excluding carboxylic acids is 1. The van der Waals surface area contributed by atoms with E-state index < -0.39 is 23.9 Å². The molecule has 0 radical (unpaired) electrons. The van der Waals surface area contributed by atoms with Crippen molar-refractivity contribution < 1.29 is 23.1 Å². The van der Waals surface area contributed by atoms with E-state index in [2.05, 4.69) is 5.32 Å². The zero-order chi connectivity index (χ0) is 15.5. The number of halogens is 3. The molecule has 2 aliphatic carbocycles. The maximum Gasteiger partial charge on any atom is 0.392 e. The summed E-state index contributed by atoms with van der Waals surface area (Å²) in [6, 6.07) is 0. The molecule has 6 heteroatoms. The Morgan fingerprint density at radius 3 is 2.38 bits per heavy atom. The van der Waals surface area contributed by atoms with Gasteiger partial charge in [0.15, 0.2) is 0 Å². The lowest BCUT2D eigenvalue weighted by atomic mass is 9.78. The standard InChI is InChI=1S/C15H24F3NO2/c16-15(17,18)13-7-2-1-6-12(13)14(21)19-8-10-4-3-5-11(10)9-20/h10-13,20H,1-9H2,(H,19,21). The average molecular weight is 307 g/mol. The molecule has 0 aromatic rings. The van der Waals surface area contributed by atoms with Gasteiger partial charge in [-0.1, -0.05) is 19.3 Å². The molecule has 2 saturated carbocycles. The summed E-state index contributed by atoms with van der Waals surface area (Å²) in [4.78, 5) is 12.1. The fraction of sp³-hybridized carbons (Fsp3) is 0.933. The van der Waals surface area contributed by atoms with Crippen LogP contribution in [0.2, 0.25) is 0 Å². The van der Waals surface area contributed by atoms with Crippen molar-refractivity contribution in [3.05, 3.63) is 0 Å². The monoisotopic (exact) mass is 307 g/mol. The van der Waals surface area contributed by atoms with Gasteiger partial charge in [-0.2, -0.15) is 13.2 Å². The molecule has 2 aliphatic rings. The van der Waals surface area contributed by atoms with Crippen LogP contribution in [0.4, 0.5) is 13.2 Å². The highest BCUT2D eigenvalue weighted by atomic mass is 19.4. The lowest BCUT2D eigenvalue weighted by molar-refractivity contribution is -0.198. The van der Waals surface area contributed by atoms with Gasteiger partial charge in [0.2, 0.25) is 5.91 Å². The first-order valence-electron chi connectivity index (χ1n) is 7.88. The summed E-state index contributed by atoms with van der Waals surface area (Å²) in [5, 5.41) is 11.9. The van der Waals surface area contributed by atoms with E-state index in [0.717, 1.165) is 19.3 Å². The van der Waals surface area contributed by atoms with Crippen LogP contribution in [0, 0.1) is 23.7 Å². The van der Waals surface area contributed by atoms with Crippen LogP contribution in [0.3, 0.4) is 0 Å². The molecule has 3 nitrogen and oxygen atoms in total. The number of nitrogens with one attached hydrogen (secondary N) is 1. The largest absolute Gasteiger partial charge is 0.396 e. The molecule has 0 saturated heterocycles. The van der Waals surface area contributed by atoms with Crippen LogP contribution in [0.15, 0.2) is 0 Å². The molecule has 0 aliphatic heterocycles. The number of hydrogen-bond acceptors (Lipinski definition) is 2. The smallest absolute Gasteiger partial charge is 0.392 e. The van der Waals surface area contributed by atoms with Crippen molar-refractivity contribution in [2.75, 3.05) is 13.2 Å². The molecule has 2 fully saturated rings. The van der Waals surface area contributed by atoms with Crippen molar-refractivity contribution >= 4 is 5.91 Å². The van der Waals surface area contributed by atoms with Crippen LogP contribution in [-0.2, 0) is 4.79 Å². The Morgan fingerprint density at radius 1 is 1.05 bits per heavy atom. The predicted octanol–water partition coefficient (Wildman–Crippen LogP) is 2.88. The van der Waals surface area contributed by atoms with Crippen molar-refractivity contribution in [1.29, 1.82) is 0 Å². The van der Waals surface area contributed by atoms with E-state index in [1.54, 1.807) is 0 Å². The van der Waals surface area contributed by atoms with E-state index >= 15 is 0 Å². The first kappa shape index (κ1) is 16.6. The van der Waals surface area contributed by atoms with E-state index in [1.807, 2.05) is 0 Å². The molecule has 4 unspecified atom stereocenters. The molecule has 0 bridgehead atoms. The molecule has 0 aromatic carbocycles. The van der Waals surface area contributed by atoms with Gasteiger partial charge in [-0.25, -0.2) is 0 Å². The van der Waals surface area contributed by atoms with Crippen molar-refractivity contribution in [2.45, 2.75) is 51.1 Å². The third-order valence-electron chi connectivity index (χ3n) is 5.11. The SMILES string of the molecule is O=C(NCC1CCCC1CO)C1CCCCC1C(F)(F)F. The summed E-state index contributed by atoms with van der Waals surface area (Å²) in [7, 11) is 0. The van der Waals surface area contributed by atoms with Gasteiger partial charge in [-0.3, -0.25) is 4.79 Å². The Hall–Kier alpha value is -0.780. The van der Waals surface area contributed by atoms with Gasteiger partial charge in [0.05, 0.1) is 5.92 Å². The zero-order valence-electron chi connectivity index (χ0n) is 12.2. The fourth-order valence-corrected chi connectivity index (χ4v) is 3.82. The summed E-state index contributed by atoms with van der Waals surface area (Å²) in [5.41, 5.74) is 0. The van der Waals surface area contributed by atoms with Gasteiger partial charge in [0, 0.05) is 19.1 Å². The average Bonchev–Trinajstić information content (AvgIpc) is 2.91. The minimum Gasteiger partial charge on any atom is -0.396 e. The van der Waals surface area contributed by atoms with Crippen LogP contribution in [0.5, 0.6) is 0 Å². The first-order chi connectivity index (χ1) is 9.93. The Labute approximate surface area is 123 Å². The Bertz CT molecular complexity index is 359. The molecular weight excluding hydrogens is 283 g/mol. The summed E-state index contributed by atoms with van der Waals surface area (Å²) in [6.45, 7) is 0.486. The Balaban J connectivity index is 1.89. The Kier molecular flexibility index (Phi) is 5.52. The maximum absolute atomic E-state index is 13.0. The maximum atomic E-state index is 13.0. The quantitative estimate of drug-likeness (QED) is 0.839. The predicted molar refractivity (Wildman–Crippen MR) is 72.4 cm³/mol. The number of alkyl halides is 3. The van der Waals surface area contributed by atoms with Gasteiger partial charge < -0.3 is 10.4 Å². The van der Waals surface area contributed by atoms with Gasteiger partial charge in [-0.15, -0.1) is 0 Å². The van der Waals surface area contributed by atoms with Crippen molar-refractivity contribution in [3.63, 3.8) is 0 Å². The molecule has 2 rings (SSSR count). The van der Waals surface area contributed by atoms with Crippen LogP contribution in [0.25, 0.3) is 0 Å². The van der Waals surface area contributed by atoms with Crippen molar-refractivity contribution in [1.82, 2.24) is 5.32 Å². The van der Waals surface area contributed by atoms with Crippen molar-refractivity contribution in [2.24, 2.45) is 23.7 Å². The van der Waals surface area contributed by atoms with E-state index in [-0.39, 0.29) is 24.9 Å². The van der Waals surface area contributed by atoms with E-state index in [9.17, 15) is 23.1 Å². The van der Waals surface area contributed by atoms with Crippen molar-refractivity contribution in [3.8, 4) is 0 Å². The topological polar surface area (TPSA) is 49.3 Å². The highest BCUT2D eigenvalue weighted by molar-refractivity contribution is 5.79. The second-order valence-electron chi connectivity index (χ2n) is 6.42. The lowest BCUT2D eigenvalue weighted by Gasteiger charge is -2.32. The first-order valence-corrected chi connectivity index (χ1v) is 7.88. The number of aliphatic hydroxyl groups excluding tert-OH is 1. The summed E-state index contributed by atoms with van der Waals surface area (Å²) >= 11 is 0. The molecule has 2 N–H and O–H groups in total. The number of amides is 1. The highest BCUT2D eigenvalue weighted by Crippen LogP contribution is 2.41. The zero-order valence-corrected chi connectivity index (χ0v) is 12.2. The van der Waals surface area contributed by atoms with Gasteiger partial charge in [0.1, 0.15) is 0 Å². The van der Waals surface area contributed by atoms with Crippen LogP contribution in [-0.4, -0.2) is 30.3 Å². The minimum absolute atomic E-state index is 0.0598. The van der Waals surface area contributed by atoms with Crippen LogP contribution < -0.4 is 5.32 Å². The van der Waals surface area contributed by atoms with Gasteiger partial charge in [0.25, 0.3) is 0 Å². The van der Waals surface area contributed by atoms with Crippen LogP contribution >= 0.6 is 0 Å². The fourth-order valence-electron chi connectivity index (χ4n) is 3.82. The van der Waals surface area contributed by atoms with E-state index in [0.29, 0.717) is 25.8 Å². The molecule has 122 valence electrons. The summed E-state index contributed by atoms with van der Waals surface area (Å²) in [5.74, 6) is -2.52. The molecule has 21 heavy (non-hydrogen) atoms. The molecule has 0 aromatic heterocycles. The third-order valence-corrected chi connectivity index (χ3v) is 5.11. The second kappa shape index (κ2) is 6.99. The molecular formula is C15H24F3NO2. The molecule has 1 amide bonds. The second-order valence-corrected chi connectivity index (χ2v) is 6.42. The van der Waals surface area contributed by atoms with Crippen LogP contribution in [0.1, 0.15) is 44.9 Å². The summed E-state index contributed by atoms with van der Waals surface area (Å²) < 4.78 is 39.0. The number of carbonyl (C=O) groups is 1. The van der Waals surface area contributed by atoms with Gasteiger partial charge >= 0.3 is 6.18 Å². The number of aliphatic hydroxyl groups is 1. The molecule has 0 spiro atoms. The van der Waals surface area contributed by atoms with E-state index in [1.165, 1.54) is 0 Å². The molecule has 4 atom stereocenters. The Morgan fingerprint density at radius 2 is 1.71 bits per heavy atom. The van der Waals surface area contributed by atoms with Gasteiger partial charge in [-0.05, 0) is 37.5 Å². The minimum atomic E-state index is -4.29. The number of rotatable bonds is 4. The van der Waals surface area contributed by atoms with E-state index in [4.69, 9.17) is 0 Å². The molecule has 0 heterocycles. The normalized spacial score (nSPS) is 33.9. The number of hydrogen-bond donors (Lipinski definition) is 2.